The van der Waals surface area contributed by atoms with E-state index in [4.69, 9.17) is 4.84 Å². The summed E-state index contributed by atoms with van der Waals surface area (Å²) >= 11 is 0. The van der Waals surface area contributed by atoms with Crippen LogP contribution in [-0.2, 0) is 22.8 Å². The lowest BCUT2D eigenvalue weighted by Gasteiger charge is -2.16. The molecule has 0 aromatic heterocycles. The van der Waals surface area contributed by atoms with Crippen LogP contribution in [0.3, 0.4) is 0 Å². The highest BCUT2D eigenvalue weighted by molar-refractivity contribution is 5.45. The molecule has 0 fully saturated rings. The maximum atomic E-state index is 10.9. The van der Waals surface area contributed by atoms with E-state index in [1.165, 1.54) is 5.06 Å². The fraction of sp³-hybridized carbons (Fsp3) is 0.133. The van der Waals surface area contributed by atoms with Crippen molar-refractivity contribution in [1.29, 1.82) is 0 Å². The van der Waals surface area contributed by atoms with E-state index < -0.39 is 0 Å². The van der Waals surface area contributed by atoms with Crippen molar-refractivity contribution in [1.82, 2.24) is 5.06 Å². The van der Waals surface area contributed by atoms with Gasteiger partial charge in [-0.05, 0) is 11.1 Å². The number of hydrogen-bond donors (Lipinski definition) is 0. The van der Waals surface area contributed by atoms with Crippen LogP contribution in [0, 0.1) is 0 Å². The first kappa shape index (κ1) is 12.3. The van der Waals surface area contributed by atoms with Crippen molar-refractivity contribution in [3.8, 4) is 0 Å². The number of carbonyl (C=O) groups is 1. The number of rotatable bonds is 6. The van der Waals surface area contributed by atoms with Crippen molar-refractivity contribution in [3.05, 3.63) is 71.8 Å². The van der Waals surface area contributed by atoms with Crippen LogP contribution < -0.4 is 0 Å². The Kier molecular flexibility index (Phi) is 4.50. The largest absolute Gasteiger partial charge is 0.276 e. The van der Waals surface area contributed by atoms with Crippen LogP contribution in [0.1, 0.15) is 11.1 Å². The fourth-order valence-electron chi connectivity index (χ4n) is 1.61. The molecule has 0 unspecified atom stereocenters. The Balaban J connectivity index is 1.88. The summed E-state index contributed by atoms with van der Waals surface area (Å²) in [6.45, 7) is 0.851. The molecule has 0 N–H and O–H groups in total. The van der Waals surface area contributed by atoms with E-state index in [1.54, 1.807) is 0 Å². The summed E-state index contributed by atoms with van der Waals surface area (Å²) < 4.78 is 0. The molecule has 0 heterocycles. The van der Waals surface area contributed by atoms with Gasteiger partial charge in [-0.25, -0.2) is 5.06 Å². The molecule has 0 bridgehead atoms. The summed E-state index contributed by atoms with van der Waals surface area (Å²) in [5, 5.41) is 1.31. The molecular formula is C15H15NO2. The maximum absolute atomic E-state index is 10.9. The molecule has 0 aliphatic carbocycles. The van der Waals surface area contributed by atoms with Gasteiger partial charge in [0.2, 0.25) is 6.41 Å². The summed E-state index contributed by atoms with van der Waals surface area (Å²) in [5.74, 6) is 0. The molecule has 92 valence electrons. The lowest BCUT2D eigenvalue weighted by molar-refractivity contribution is -0.181. The van der Waals surface area contributed by atoms with Gasteiger partial charge in [-0.1, -0.05) is 60.7 Å². The number of hydroxylamine groups is 2. The van der Waals surface area contributed by atoms with Gasteiger partial charge in [0.25, 0.3) is 0 Å². The van der Waals surface area contributed by atoms with Crippen molar-refractivity contribution in [3.63, 3.8) is 0 Å². The van der Waals surface area contributed by atoms with E-state index in [2.05, 4.69) is 0 Å². The molecule has 0 radical (unpaired) electrons. The molecule has 2 rings (SSSR count). The van der Waals surface area contributed by atoms with Crippen LogP contribution in [0.5, 0.6) is 0 Å². The van der Waals surface area contributed by atoms with E-state index in [0.29, 0.717) is 19.6 Å². The average molecular weight is 241 g/mol. The highest BCUT2D eigenvalue weighted by atomic mass is 16.7. The minimum Gasteiger partial charge on any atom is -0.276 e. The standard InChI is InChI=1S/C15H15NO2/c17-13-16(11-14-7-3-1-4-8-14)18-12-15-9-5-2-6-10-15/h1-10,13H,11-12H2. The minimum absolute atomic E-state index is 0.395. The number of amides is 1. The molecule has 0 aliphatic rings. The molecule has 3 heteroatoms. The Labute approximate surface area is 107 Å². The zero-order chi connectivity index (χ0) is 12.6. The van der Waals surface area contributed by atoms with E-state index in [-0.39, 0.29) is 0 Å². The van der Waals surface area contributed by atoms with Crippen LogP contribution in [-0.4, -0.2) is 11.5 Å². The van der Waals surface area contributed by atoms with Crippen molar-refractivity contribution in [2.75, 3.05) is 0 Å². The molecule has 0 atom stereocenters. The topological polar surface area (TPSA) is 29.5 Å². The molecule has 18 heavy (non-hydrogen) atoms. The highest BCUT2D eigenvalue weighted by Crippen LogP contribution is 2.06. The fourth-order valence-corrected chi connectivity index (χ4v) is 1.61. The second-order valence-electron chi connectivity index (χ2n) is 3.93. The second kappa shape index (κ2) is 6.57. The Hall–Kier alpha value is -2.13. The van der Waals surface area contributed by atoms with E-state index >= 15 is 0 Å². The van der Waals surface area contributed by atoms with Gasteiger partial charge in [0.1, 0.15) is 6.61 Å². The minimum atomic E-state index is 0.395. The normalized spacial score (nSPS) is 10.0. The Bertz CT molecular complexity index is 470. The molecule has 0 aliphatic heterocycles. The van der Waals surface area contributed by atoms with Crippen molar-refractivity contribution in [2.45, 2.75) is 13.2 Å². The van der Waals surface area contributed by atoms with Crippen LogP contribution >= 0.6 is 0 Å². The summed E-state index contributed by atoms with van der Waals surface area (Å²) in [6.07, 6.45) is 0.704. The average Bonchev–Trinajstić information content (AvgIpc) is 2.45. The quantitative estimate of drug-likeness (QED) is 0.575. The second-order valence-corrected chi connectivity index (χ2v) is 3.93. The van der Waals surface area contributed by atoms with Crippen LogP contribution in [0.4, 0.5) is 0 Å². The predicted octanol–water partition coefficient (Wildman–Crippen LogP) is 2.78. The van der Waals surface area contributed by atoms with E-state index in [0.717, 1.165) is 11.1 Å². The van der Waals surface area contributed by atoms with Gasteiger partial charge < -0.3 is 0 Å². The van der Waals surface area contributed by atoms with Gasteiger partial charge in [-0.3, -0.25) is 9.63 Å². The highest BCUT2D eigenvalue weighted by Gasteiger charge is 2.03. The molecule has 2 aromatic rings. The van der Waals surface area contributed by atoms with Gasteiger partial charge >= 0.3 is 0 Å². The Morgan fingerprint density at radius 2 is 1.44 bits per heavy atom. The van der Waals surface area contributed by atoms with E-state index in [1.807, 2.05) is 60.7 Å². The van der Waals surface area contributed by atoms with Crippen LogP contribution in [0.2, 0.25) is 0 Å². The van der Waals surface area contributed by atoms with Gasteiger partial charge in [0.05, 0.1) is 6.54 Å². The van der Waals surface area contributed by atoms with Crippen LogP contribution in [0.25, 0.3) is 0 Å². The SMILES string of the molecule is O=CN(Cc1ccccc1)OCc1ccccc1. The summed E-state index contributed by atoms with van der Waals surface area (Å²) in [4.78, 5) is 16.4. The summed E-state index contributed by atoms with van der Waals surface area (Å²) in [7, 11) is 0. The molecule has 0 spiro atoms. The lowest BCUT2D eigenvalue weighted by atomic mass is 10.2. The number of hydrogen-bond acceptors (Lipinski definition) is 2. The first-order chi connectivity index (χ1) is 8.88. The Morgan fingerprint density at radius 3 is 2.00 bits per heavy atom. The first-order valence-electron chi connectivity index (χ1n) is 5.81. The number of benzene rings is 2. The zero-order valence-corrected chi connectivity index (χ0v) is 10.0. The molecule has 3 nitrogen and oxygen atoms in total. The lowest BCUT2D eigenvalue weighted by Crippen LogP contribution is -2.21. The zero-order valence-electron chi connectivity index (χ0n) is 10.0. The summed E-state index contributed by atoms with van der Waals surface area (Å²) in [5.41, 5.74) is 2.08. The van der Waals surface area contributed by atoms with Crippen molar-refractivity contribution in [2.24, 2.45) is 0 Å². The molecule has 2 aromatic carbocycles. The Morgan fingerprint density at radius 1 is 0.889 bits per heavy atom. The van der Waals surface area contributed by atoms with Gasteiger partial charge in [0.15, 0.2) is 0 Å². The molecule has 0 saturated carbocycles. The van der Waals surface area contributed by atoms with Gasteiger partial charge in [-0.2, -0.15) is 0 Å². The summed E-state index contributed by atoms with van der Waals surface area (Å²) in [6, 6.07) is 19.5. The number of nitrogens with zero attached hydrogens (tertiary/aromatic N) is 1. The third-order valence-corrected chi connectivity index (χ3v) is 2.54. The van der Waals surface area contributed by atoms with Crippen molar-refractivity contribution < 1.29 is 9.63 Å². The van der Waals surface area contributed by atoms with E-state index in [9.17, 15) is 4.79 Å². The van der Waals surface area contributed by atoms with Crippen molar-refractivity contribution >= 4 is 6.41 Å². The smallest absolute Gasteiger partial charge is 0.233 e. The molecule has 0 saturated heterocycles. The maximum Gasteiger partial charge on any atom is 0.233 e. The number of carbonyl (C=O) groups excluding carboxylic acids is 1. The third kappa shape index (κ3) is 3.71. The first-order valence-corrected chi connectivity index (χ1v) is 5.81. The van der Waals surface area contributed by atoms with Gasteiger partial charge in [-0.15, -0.1) is 0 Å². The predicted molar refractivity (Wildman–Crippen MR) is 69.3 cm³/mol. The van der Waals surface area contributed by atoms with Crippen LogP contribution in [0.15, 0.2) is 60.7 Å². The molecule has 1 amide bonds. The third-order valence-electron chi connectivity index (χ3n) is 2.54. The monoisotopic (exact) mass is 241 g/mol. The molecular weight excluding hydrogens is 226 g/mol. The van der Waals surface area contributed by atoms with Gasteiger partial charge in [0, 0.05) is 0 Å².